The molecule has 6 nitrogen and oxygen atoms in total. The van der Waals surface area contributed by atoms with Crippen LogP contribution in [-0.4, -0.2) is 51.3 Å². The topological polar surface area (TPSA) is 61.9 Å². The van der Waals surface area contributed by atoms with Gasteiger partial charge in [-0.25, -0.2) is 0 Å². The Morgan fingerprint density at radius 2 is 1.74 bits per heavy atom. The Labute approximate surface area is 135 Å². The molecule has 6 heteroatoms. The molecule has 1 aliphatic heterocycles. The van der Waals surface area contributed by atoms with E-state index in [1.54, 1.807) is 0 Å². The van der Waals surface area contributed by atoms with Crippen molar-refractivity contribution >= 4 is 11.4 Å². The van der Waals surface area contributed by atoms with Crippen molar-refractivity contribution in [1.29, 1.82) is 0 Å². The van der Waals surface area contributed by atoms with Gasteiger partial charge in [-0.15, -0.1) is 0 Å². The summed E-state index contributed by atoms with van der Waals surface area (Å²) in [5.41, 5.74) is 0.193. The fraction of sp³-hybridized carbons (Fsp3) is 0.412. The third-order valence-electron chi connectivity index (χ3n) is 4.12. The van der Waals surface area contributed by atoms with Gasteiger partial charge in [-0.05, 0) is 19.2 Å². The van der Waals surface area contributed by atoms with Gasteiger partial charge in [0.2, 0.25) is 0 Å². The minimum Gasteiger partial charge on any atom is -0.492 e. The van der Waals surface area contributed by atoms with Crippen molar-refractivity contribution in [1.82, 2.24) is 4.90 Å². The Hall–Kier alpha value is -2.34. The van der Waals surface area contributed by atoms with E-state index in [1.165, 1.54) is 0 Å². The SMILES string of the molecule is CN1CCN(c2c(NCCOc3ccccc3)c(=O)c2=O)CC1. The van der Waals surface area contributed by atoms with Gasteiger partial charge in [-0.3, -0.25) is 9.59 Å². The van der Waals surface area contributed by atoms with E-state index in [9.17, 15) is 9.59 Å². The number of piperazine rings is 1. The van der Waals surface area contributed by atoms with Crippen molar-refractivity contribution in [2.45, 2.75) is 0 Å². The monoisotopic (exact) mass is 315 g/mol. The molecule has 0 radical (unpaired) electrons. The molecule has 0 bridgehead atoms. The number of rotatable bonds is 6. The van der Waals surface area contributed by atoms with Crippen molar-refractivity contribution < 1.29 is 4.74 Å². The highest BCUT2D eigenvalue weighted by Crippen LogP contribution is 2.21. The zero-order valence-corrected chi connectivity index (χ0v) is 13.2. The van der Waals surface area contributed by atoms with E-state index in [4.69, 9.17) is 4.74 Å². The lowest BCUT2D eigenvalue weighted by molar-refractivity contribution is 0.312. The van der Waals surface area contributed by atoms with Crippen LogP contribution in [0, 0.1) is 0 Å². The molecule has 1 fully saturated rings. The summed E-state index contributed by atoms with van der Waals surface area (Å²) >= 11 is 0. The zero-order valence-electron chi connectivity index (χ0n) is 13.2. The van der Waals surface area contributed by atoms with Gasteiger partial charge in [0.15, 0.2) is 0 Å². The molecule has 1 saturated heterocycles. The highest BCUT2D eigenvalue weighted by atomic mass is 16.5. The molecule has 0 amide bonds. The first-order valence-corrected chi connectivity index (χ1v) is 7.85. The maximum absolute atomic E-state index is 11.9. The van der Waals surface area contributed by atoms with Gasteiger partial charge in [0.1, 0.15) is 23.7 Å². The first kappa shape index (κ1) is 15.6. The molecule has 0 aliphatic carbocycles. The summed E-state index contributed by atoms with van der Waals surface area (Å²) in [6, 6.07) is 9.51. The fourth-order valence-electron chi connectivity index (χ4n) is 2.74. The number of anilines is 2. The van der Waals surface area contributed by atoms with Crippen molar-refractivity contribution in [2.24, 2.45) is 0 Å². The fourth-order valence-corrected chi connectivity index (χ4v) is 2.74. The maximum atomic E-state index is 11.9. The molecular formula is C17H21N3O3. The van der Waals surface area contributed by atoms with Crippen LogP contribution in [0.3, 0.4) is 0 Å². The van der Waals surface area contributed by atoms with E-state index in [-0.39, 0.29) is 5.43 Å². The Kier molecular flexibility index (Phi) is 4.62. The van der Waals surface area contributed by atoms with E-state index in [0.717, 1.165) is 31.9 Å². The van der Waals surface area contributed by atoms with Crippen molar-refractivity contribution in [2.75, 3.05) is 56.6 Å². The van der Waals surface area contributed by atoms with Crippen molar-refractivity contribution in [3.05, 3.63) is 50.8 Å². The Morgan fingerprint density at radius 3 is 2.43 bits per heavy atom. The summed E-state index contributed by atoms with van der Waals surface area (Å²) in [7, 11) is 2.06. The molecule has 122 valence electrons. The minimum atomic E-state index is -0.418. The van der Waals surface area contributed by atoms with Crippen LogP contribution >= 0.6 is 0 Å². The summed E-state index contributed by atoms with van der Waals surface area (Å²) < 4.78 is 5.58. The number of nitrogens with zero attached hydrogens (tertiary/aromatic N) is 2. The van der Waals surface area contributed by atoms with Crippen LogP contribution in [0.25, 0.3) is 0 Å². The summed E-state index contributed by atoms with van der Waals surface area (Å²) in [6.45, 7) is 4.27. The average Bonchev–Trinajstić information content (AvgIpc) is 2.59. The predicted octanol–water partition coefficient (Wildman–Crippen LogP) is 0.525. The van der Waals surface area contributed by atoms with Gasteiger partial charge in [-0.2, -0.15) is 0 Å². The summed E-state index contributed by atoms with van der Waals surface area (Å²) in [5.74, 6) is 0.790. The Bertz CT molecular complexity index is 714. The zero-order chi connectivity index (χ0) is 16.2. The molecule has 0 spiro atoms. The Morgan fingerprint density at radius 1 is 1.04 bits per heavy atom. The largest absolute Gasteiger partial charge is 0.492 e. The van der Waals surface area contributed by atoms with Crippen LogP contribution in [0.1, 0.15) is 0 Å². The quantitative estimate of drug-likeness (QED) is 0.620. The summed E-state index contributed by atoms with van der Waals surface area (Å²) in [4.78, 5) is 27.9. The summed E-state index contributed by atoms with van der Waals surface area (Å²) in [6.07, 6.45) is 0. The molecule has 2 aromatic rings. The molecular weight excluding hydrogens is 294 g/mol. The molecule has 0 unspecified atom stereocenters. The van der Waals surface area contributed by atoms with E-state index in [1.807, 2.05) is 35.2 Å². The average molecular weight is 315 g/mol. The lowest BCUT2D eigenvalue weighted by Crippen LogP contribution is -2.50. The number of hydrogen-bond donors (Lipinski definition) is 1. The standard InChI is InChI=1S/C17H21N3O3/c1-19-8-10-20(11-9-19)15-14(16(21)17(15)22)18-7-12-23-13-5-3-2-4-6-13/h2-6,18H,7-12H2,1H3. The molecule has 0 saturated carbocycles. The number of ether oxygens (including phenoxy) is 1. The second-order valence-corrected chi connectivity index (χ2v) is 5.76. The van der Waals surface area contributed by atoms with Crippen LogP contribution in [0.2, 0.25) is 0 Å². The van der Waals surface area contributed by atoms with Crippen LogP contribution in [0.5, 0.6) is 5.75 Å². The van der Waals surface area contributed by atoms with E-state index in [2.05, 4.69) is 17.3 Å². The van der Waals surface area contributed by atoms with Gasteiger partial charge in [0, 0.05) is 32.7 Å². The van der Waals surface area contributed by atoms with Gasteiger partial charge in [-0.1, -0.05) is 18.2 Å². The summed E-state index contributed by atoms with van der Waals surface area (Å²) in [5, 5.41) is 3.06. The third kappa shape index (κ3) is 3.37. The molecule has 0 atom stereocenters. The normalized spacial score (nSPS) is 15.8. The van der Waals surface area contributed by atoms with Crippen LogP contribution in [0.4, 0.5) is 11.4 Å². The number of para-hydroxylation sites is 1. The van der Waals surface area contributed by atoms with E-state index in [0.29, 0.717) is 24.5 Å². The molecule has 3 rings (SSSR count). The Balaban J connectivity index is 1.55. The molecule has 1 aliphatic rings. The maximum Gasteiger partial charge on any atom is 0.253 e. The lowest BCUT2D eigenvalue weighted by Gasteiger charge is -2.35. The number of likely N-dealkylation sites (N-methyl/N-ethyl adjacent to an activating group) is 1. The van der Waals surface area contributed by atoms with Gasteiger partial charge in [0.25, 0.3) is 10.9 Å². The third-order valence-corrected chi connectivity index (χ3v) is 4.12. The number of nitrogens with one attached hydrogen (secondary N) is 1. The van der Waals surface area contributed by atoms with Crippen LogP contribution < -0.4 is 25.8 Å². The molecule has 0 aromatic heterocycles. The van der Waals surface area contributed by atoms with Crippen molar-refractivity contribution in [3.63, 3.8) is 0 Å². The second kappa shape index (κ2) is 6.83. The minimum absolute atomic E-state index is 0.374. The van der Waals surface area contributed by atoms with Gasteiger partial charge < -0.3 is 19.9 Å². The molecule has 2 aromatic carbocycles. The van der Waals surface area contributed by atoms with E-state index >= 15 is 0 Å². The number of hydrogen-bond acceptors (Lipinski definition) is 6. The van der Waals surface area contributed by atoms with E-state index < -0.39 is 5.43 Å². The molecule has 1 heterocycles. The second-order valence-electron chi connectivity index (χ2n) is 5.76. The first-order chi connectivity index (χ1) is 11.2. The van der Waals surface area contributed by atoms with Gasteiger partial charge in [0.05, 0.1) is 0 Å². The smallest absolute Gasteiger partial charge is 0.253 e. The van der Waals surface area contributed by atoms with Crippen LogP contribution in [-0.2, 0) is 0 Å². The highest BCUT2D eigenvalue weighted by molar-refractivity contribution is 5.75. The predicted molar refractivity (Wildman–Crippen MR) is 91.5 cm³/mol. The number of benzene rings is 1. The lowest BCUT2D eigenvalue weighted by atomic mass is 10.1. The molecule has 1 N–H and O–H groups in total. The molecule has 23 heavy (non-hydrogen) atoms. The van der Waals surface area contributed by atoms with Gasteiger partial charge >= 0.3 is 0 Å². The first-order valence-electron chi connectivity index (χ1n) is 7.85. The highest BCUT2D eigenvalue weighted by Gasteiger charge is 2.27. The van der Waals surface area contributed by atoms with Crippen LogP contribution in [0.15, 0.2) is 39.9 Å². The van der Waals surface area contributed by atoms with Crippen molar-refractivity contribution in [3.8, 4) is 5.75 Å².